The molecule has 2 aromatic rings. The first-order chi connectivity index (χ1) is 11.8. The van der Waals surface area contributed by atoms with Gasteiger partial charge in [-0.15, -0.1) is 0 Å². The quantitative estimate of drug-likeness (QED) is 0.555. The highest BCUT2D eigenvalue weighted by molar-refractivity contribution is 7.27. The summed E-state index contributed by atoms with van der Waals surface area (Å²) in [4.78, 5) is 27.1. The summed E-state index contributed by atoms with van der Waals surface area (Å²) in [5.41, 5.74) is 3.77. The molecule has 0 N–H and O–H groups in total. The minimum absolute atomic E-state index is 0.430. The minimum atomic E-state index is 0.430. The summed E-state index contributed by atoms with van der Waals surface area (Å²) in [6, 6.07) is 0. The second-order valence-corrected chi connectivity index (χ2v) is 5.59. The van der Waals surface area contributed by atoms with Crippen LogP contribution in [0.25, 0.3) is 0 Å². The number of hydrogen-bond donors (Lipinski definition) is 0. The van der Waals surface area contributed by atoms with Crippen LogP contribution in [0.3, 0.4) is 0 Å². The third-order valence-corrected chi connectivity index (χ3v) is 4.22. The minimum Gasteiger partial charge on any atom is -0.260 e. The molecule has 0 bridgehead atoms. The van der Waals surface area contributed by atoms with Gasteiger partial charge < -0.3 is 0 Å². The SMILES string of the molecule is [B][B][B]c1cnc(Cc2ncc(CC)c3c2=NCN=3)c2c1=NCN=2. The molecule has 2 aliphatic rings. The molecule has 2 aromatic heterocycles. The van der Waals surface area contributed by atoms with E-state index >= 15 is 0 Å². The van der Waals surface area contributed by atoms with Gasteiger partial charge in [0.25, 0.3) is 0 Å². The topological polar surface area (TPSA) is 75.2 Å². The smallest absolute Gasteiger partial charge is 0.131 e. The Labute approximate surface area is 141 Å². The molecule has 0 fully saturated rings. The maximum Gasteiger partial charge on any atom is 0.131 e. The molecule has 9 heteroatoms. The molecule has 4 rings (SSSR count). The molecule has 0 saturated carbocycles. The zero-order valence-electron chi connectivity index (χ0n) is 13.4. The molecule has 0 atom stereocenters. The Balaban J connectivity index is 1.80. The predicted octanol–water partition coefficient (Wildman–Crippen LogP) is -2.92. The van der Waals surface area contributed by atoms with Crippen molar-refractivity contribution in [1.29, 1.82) is 0 Å². The van der Waals surface area contributed by atoms with E-state index in [-0.39, 0.29) is 0 Å². The van der Waals surface area contributed by atoms with Crippen LogP contribution in [-0.2, 0) is 12.8 Å². The van der Waals surface area contributed by atoms with Gasteiger partial charge in [0, 0.05) is 33.6 Å². The highest BCUT2D eigenvalue weighted by atomic mass is 15.0. The summed E-state index contributed by atoms with van der Waals surface area (Å²) < 4.78 is 0. The van der Waals surface area contributed by atoms with E-state index in [2.05, 4.69) is 36.9 Å². The van der Waals surface area contributed by atoms with E-state index < -0.39 is 0 Å². The Hall–Kier alpha value is -2.31. The van der Waals surface area contributed by atoms with Crippen molar-refractivity contribution in [3.63, 3.8) is 0 Å². The van der Waals surface area contributed by atoms with Crippen LogP contribution in [0.4, 0.5) is 0 Å². The van der Waals surface area contributed by atoms with Crippen molar-refractivity contribution in [2.24, 2.45) is 20.0 Å². The second kappa shape index (κ2) is 6.30. The van der Waals surface area contributed by atoms with Crippen molar-refractivity contribution < 1.29 is 0 Å². The fourth-order valence-corrected chi connectivity index (χ4v) is 3.04. The lowest BCUT2D eigenvalue weighted by Crippen LogP contribution is -2.45. The van der Waals surface area contributed by atoms with Gasteiger partial charge in [-0.25, -0.2) is 0 Å². The number of nitrogens with zero attached hydrogens (tertiary/aromatic N) is 6. The zero-order valence-corrected chi connectivity index (χ0v) is 13.4. The van der Waals surface area contributed by atoms with Crippen LogP contribution in [-0.4, -0.2) is 45.3 Å². The number of fused-ring (bicyclic) bond motifs is 2. The van der Waals surface area contributed by atoms with Crippen molar-refractivity contribution in [2.45, 2.75) is 19.8 Å². The highest BCUT2D eigenvalue weighted by Crippen LogP contribution is 1.98. The van der Waals surface area contributed by atoms with Gasteiger partial charge in [-0.3, -0.25) is 29.9 Å². The van der Waals surface area contributed by atoms with Crippen LogP contribution in [0.15, 0.2) is 32.4 Å². The van der Waals surface area contributed by atoms with E-state index in [1.54, 1.807) is 13.4 Å². The zero-order chi connectivity index (χ0) is 16.5. The van der Waals surface area contributed by atoms with Crippen LogP contribution in [0.2, 0.25) is 0 Å². The van der Waals surface area contributed by atoms with Crippen molar-refractivity contribution in [3.8, 4) is 0 Å². The lowest BCUT2D eigenvalue weighted by molar-refractivity contribution is 0.929. The Morgan fingerprint density at radius 3 is 2.25 bits per heavy atom. The Kier molecular flexibility index (Phi) is 4.00. The van der Waals surface area contributed by atoms with E-state index in [0.717, 1.165) is 50.3 Å². The van der Waals surface area contributed by atoms with Crippen LogP contribution in [0, 0.1) is 0 Å². The number of aromatic nitrogens is 2. The van der Waals surface area contributed by atoms with Crippen LogP contribution in [0.5, 0.6) is 0 Å². The molecule has 0 amide bonds. The van der Waals surface area contributed by atoms with Crippen LogP contribution in [0.1, 0.15) is 23.9 Å². The monoisotopic (exact) mass is 310 g/mol. The van der Waals surface area contributed by atoms with Gasteiger partial charge in [0.1, 0.15) is 31.2 Å². The first kappa shape index (κ1) is 15.2. The van der Waals surface area contributed by atoms with Gasteiger partial charge in [-0.1, -0.05) is 12.4 Å². The van der Waals surface area contributed by atoms with Crippen molar-refractivity contribution in [1.82, 2.24) is 9.97 Å². The number of pyridine rings is 2. The average molecular weight is 310 g/mol. The average Bonchev–Trinajstić information content (AvgIpc) is 3.26. The molecule has 24 heavy (non-hydrogen) atoms. The van der Waals surface area contributed by atoms with E-state index in [4.69, 9.17) is 7.74 Å². The van der Waals surface area contributed by atoms with Gasteiger partial charge in [-0.2, -0.15) is 0 Å². The molecule has 0 aromatic carbocycles. The van der Waals surface area contributed by atoms with Crippen molar-refractivity contribution in [2.75, 3.05) is 13.3 Å². The third kappa shape index (κ3) is 2.48. The molecule has 2 aliphatic heterocycles. The Morgan fingerprint density at radius 2 is 1.54 bits per heavy atom. The molecule has 6 nitrogen and oxygen atoms in total. The van der Waals surface area contributed by atoms with Crippen LogP contribution >= 0.6 is 0 Å². The molecule has 0 unspecified atom stereocenters. The van der Waals surface area contributed by atoms with Gasteiger partial charge in [0.2, 0.25) is 0 Å². The fourth-order valence-electron chi connectivity index (χ4n) is 3.04. The summed E-state index contributed by atoms with van der Waals surface area (Å²) in [7, 11) is 8.77. The lowest BCUT2D eigenvalue weighted by Gasteiger charge is -2.05. The summed E-state index contributed by atoms with van der Waals surface area (Å²) in [6.45, 7) is 3.01. The van der Waals surface area contributed by atoms with Gasteiger partial charge >= 0.3 is 0 Å². The van der Waals surface area contributed by atoms with Gasteiger partial charge in [0.05, 0.1) is 22.1 Å². The maximum absolute atomic E-state index is 5.49. The third-order valence-electron chi connectivity index (χ3n) is 4.22. The first-order valence-corrected chi connectivity index (χ1v) is 7.92. The summed E-state index contributed by atoms with van der Waals surface area (Å²) >= 11 is 0. The molecule has 4 radical (unpaired) electrons. The number of hydrogen-bond acceptors (Lipinski definition) is 6. The van der Waals surface area contributed by atoms with Crippen molar-refractivity contribution in [3.05, 3.63) is 50.8 Å². The molecule has 112 valence electrons. The molecular formula is C15H13B3N6. The molecule has 4 heterocycles. The maximum atomic E-state index is 5.49. The largest absolute Gasteiger partial charge is 0.260 e. The lowest BCUT2D eigenvalue weighted by atomic mass is 9.26. The summed E-state index contributed by atoms with van der Waals surface area (Å²) in [6.07, 6.45) is 5.14. The van der Waals surface area contributed by atoms with E-state index in [1.807, 2.05) is 6.20 Å². The van der Waals surface area contributed by atoms with Gasteiger partial charge in [-0.05, 0) is 12.0 Å². The first-order valence-electron chi connectivity index (χ1n) is 7.92. The Bertz CT molecular complexity index is 1050. The van der Waals surface area contributed by atoms with Crippen molar-refractivity contribution >= 4 is 27.4 Å². The number of aryl methyl sites for hydroxylation is 1. The van der Waals surface area contributed by atoms with E-state index in [9.17, 15) is 0 Å². The van der Waals surface area contributed by atoms with Crippen LogP contribution < -0.4 is 26.9 Å². The standard InChI is InChI=1S/C15H13B3N6/c1-2-8-4-19-10(14-12(8)21-6-23-14)3-11-15-13(22-7-24-15)9(5-20-11)17-18-16/h4-5H,2-3,6-7H2,1H3. The molecular weight excluding hydrogens is 297 g/mol. The van der Waals surface area contributed by atoms with E-state index in [0.29, 0.717) is 19.8 Å². The van der Waals surface area contributed by atoms with E-state index in [1.165, 1.54) is 7.06 Å². The number of rotatable bonds is 5. The predicted molar refractivity (Wildman–Crippen MR) is 91.9 cm³/mol. The second-order valence-electron chi connectivity index (χ2n) is 5.59. The molecule has 0 saturated heterocycles. The highest BCUT2D eigenvalue weighted by Gasteiger charge is 2.14. The fraction of sp³-hybridized carbons (Fsp3) is 0.333. The normalized spacial score (nSPS) is 13.9. The summed E-state index contributed by atoms with van der Waals surface area (Å²) in [5, 5.41) is 3.55. The summed E-state index contributed by atoms with van der Waals surface area (Å²) in [5.74, 6) is 0. The Morgan fingerprint density at radius 1 is 0.917 bits per heavy atom. The molecule has 0 aliphatic carbocycles. The van der Waals surface area contributed by atoms with Gasteiger partial charge in [0.15, 0.2) is 0 Å². The molecule has 0 spiro atoms.